The van der Waals surface area contributed by atoms with Crippen LogP contribution in [-0.4, -0.2) is 57.2 Å². The predicted octanol–water partition coefficient (Wildman–Crippen LogP) is 0.716. The predicted molar refractivity (Wildman–Crippen MR) is 116 cm³/mol. The van der Waals surface area contributed by atoms with Gasteiger partial charge in [0.25, 0.3) is 5.91 Å². The lowest BCUT2D eigenvalue weighted by atomic mass is 9.99. The summed E-state index contributed by atoms with van der Waals surface area (Å²) in [5.74, 6) is -0.813. The van der Waals surface area contributed by atoms with Crippen molar-refractivity contribution in [2.75, 3.05) is 18.4 Å². The third kappa shape index (κ3) is 4.98. The molecule has 0 spiro atoms. The van der Waals surface area contributed by atoms with Crippen LogP contribution >= 0.6 is 0 Å². The summed E-state index contributed by atoms with van der Waals surface area (Å²) in [5, 5.41) is 13.5. The highest BCUT2D eigenvalue weighted by atomic mass is 32.2. The summed E-state index contributed by atoms with van der Waals surface area (Å²) < 4.78 is 35.2. The molecule has 176 valence electrons. The number of aryl methyl sites for hydroxylation is 2. The first-order chi connectivity index (χ1) is 15.7. The van der Waals surface area contributed by atoms with Crippen molar-refractivity contribution < 1.29 is 22.4 Å². The smallest absolute Gasteiger partial charge is 0.274 e. The van der Waals surface area contributed by atoms with Gasteiger partial charge in [0, 0.05) is 39.6 Å². The lowest BCUT2D eigenvalue weighted by molar-refractivity contribution is -0.120. The molecule has 13 heteroatoms. The van der Waals surface area contributed by atoms with Crippen LogP contribution < -0.4 is 10.6 Å². The molecule has 3 aromatic heterocycles. The molecular formula is C20H25N7O5S. The highest BCUT2D eigenvalue weighted by Gasteiger charge is 2.34. The van der Waals surface area contributed by atoms with E-state index in [4.69, 9.17) is 4.42 Å². The lowest BCUT2D eigenvalue weighted by Gasteiger charge is -2.30. The first kappa shape index (κ1) is 22.7. The Bertz CT molecular complexity index is 1250. The molecule has 0 saturated carbocycles. The van der Waals surface area contributed by atoms with E-state index in [1.165, 1.54) is 38.5 Å². The third-order valence-corrected chi connectivity index (χ3v) is 7.20. The summed E-state index contributed by atoms with van der Waals surface area (Å²) in [5.41, 5.74) is 0.319. The van der Waals surface area contributed by atoms with E-state index in [0.717, 1.165) is 0 Å². The average molecular weight is 476 g/mol. The number of piperidine rings is 1. The van der Waals surface area contributed by atoms with E-state index in [-0.39, 0.29) is 35.3 Å². The average Bonchev–Trinajstić information content (AvgIpc) is 3.54. The zero-order chi connectivity index (χ0) is 23.6. The Labute approximate surface area is 190 Å². The molecule has 3 aromatic rings. The van der Waals surface area contributed by atoms with Crippen LogP contribution in [0.25, 0.3) is 0 Å². The largest absolute Gasteiger partial charge is 0.467 e. The van der Waals surface area contributed by atoms with Gasteiger partial charge in [-0.05, 0) is 25.0 Å². The van der Waals surface area contributed by atoms with Crippen molar-refractivity contribution in [2.24, 2.45) is 20.0 Å². The highest BCUT2D eigenvalue weighted by Crippen LogP contribution is 2.25. The Hall–Kier alpha value is -3.45. The molecule has 1 fully saturated rings. The first-order valence-electron chi connectivity index (χ1n) is 10.4. The SMILES string of the molecule is Cn1cc(S(=O)(=O)N2CCC[C@@H](C(=O)Nc3cn(C)nc3C(=O)NCc3ccco3)C2)cn1. The van der Waals surface area contributed by atoms with Gasteiger partial charge in [-0.3, -0.25) is 19.0 Å². The van der Waals surface area contributed by atoms with Crippen molar-refractivity contribution in [3.63, 3.8) is 0 Å². The topological polar surface area (TPSA) is 144 Å². The molecule has 0 unspecified atom stereocenters. The minimum absolute atomic E-state index is 0.0450. The number of rotatable bonds is 7. The van der Waals surface area contributed by atoms with Crippen LogP contribution in [0.3, 0.4) is 0 Å². The number of nitrogens with one attached hydrogen (secondary N) is 2. The second kappa shape index (κ2) is 9.19. The van der Waals surface area contributed by atoms with E-state index in [1.54, 1.807) is 26.2 Å². The first-order valence-corrected chi connectivity index (χ1v) is 11.8. The number of sulfonamides is 1. The summed E-state index contributed by atoms with van der Waals surface area (Å²) in [6, 6.07) is 3.45. The highest BCUT2D eigenvalue weighted by molar-refractivity contribution is 7.89. The third-order valence-electron chi connectivity index (χ3n) is 5.38. The van der Waals surface area contributed by atoms with Gasteiger partial charge < -0.3 is 15.1 Å². The van der Waals surface area contributed by atoms with E-state index >= 15 is 0 Å². The summed E-state index contributed by atoms with van der Waals surface area (Å²) >= 11 is 0. The van der Waals surface area contributed by atoms with Gasteiger partial charge in [0.1, 0.15) is 10.7 Å². The fourth-order valence-electron chi connectivity index (χ4n) is 3.70. The maximum absolute atomic E-state index is 13.0. The zero-order valence-corrected chi connectivity index (χ0v) is 19.1. The molecule has 1 atom stereocenters. The van der Waals surface area contributed by atoms with Gasteiger partial charge in [-0.15, -0.1) is 0 Å². The molecule has 2 N–H and O–H groups in total. The molecule has 0 radical (unpaired) electrons. The standard InChI is InChI=1S/C20H25N7O5S/c1-25-12-16(10-22-25)33(30,31)27-7-3-5-14(11-27)19(28)23-17-13-26(2)24-18(17)20(29)21-9-15-6-4-8-32-15/h4,6,8,10,12-14H,3,5,7,9,11H2,1-2H3,(H,21,29)(H,23,28)/t14-/m1/s1. The number of carbonyl (C=O) groups is 2. The second-order valence-corrected chi connectivity index (χ2v) is 9.81. The summed E-state index contributed by atoms with van der Waals surface area (Å²) in [7, 11) is -0.465. The van der Waals surface area contributed by atoms with Crippen LogP contribution in [0.15, 0.2) is 46.3 Å². The molecule has 12 nitrogen and oxygen atoms in total. The van der Waals surface area contributed by atoms with E-state index < -0.39 is 21.8 Å². The molecule has 0 bridgehead atoms. The molecule has 0 aromatic carbocycles. The number of hydrogen-bond donors (Lipinski definition) is 2. The van der Waals surface area contributed by atoms with Crippen LogP contribution in [0, 0.1) is 5.92 Å². The fraction of sp³-hybridized carbons (Fsp3) is 0.400. The molecule has 1 aliphatic heterocycles. The van der Waals surface area contributed by atoms with E-state index in [9.17, 15) is 18.0 Å². The number of aromatic nitrogens is 4. The van der Waals surface area contributed by atoms with Crippen LogP contribution in [0.4, 0.5) is 5.69 Å². The molecule has 4 rings (SSSR count). The maximum atomic E-state index is 13.0. The fourth-order valence-corrected chi connectivity index (χ4v) is 5.21. The molecule has 33 heavy (non-hydrogen) atoms. The number of nitrogens with zero attached hydrogens (tertiary/aromatic N) is 5. The van der Waals surface area contributed by atoms with Crippen LogP contribution in [0.1, 0.15) is 29.1 Å². The Morgan fingerprint density at radius 2 is 2.06 bits per heavy atom. The maximum Gasteiger partial charge on any atom is 0.274 e. The monoisotopic (exact) mass is 475 g/mol. The van der Waals surface area contributed by atoms with Gasteiger partial charge in [-0.1, -0.05) is 0 Å². The van der Waals surface area contributed by atoms with E-state index in [2.05, 4.69) is 20.8 Å². The molecule has 4 heterocycles. The number of amides is 2. The van der Waals surface area contributed by atoms with Gasteiger partial charge >= 0.3 is 0 Å². The van der Waals surface area contributed by atoms with Crippen LogP contribution in [0.5, 0.6) is 0 Å². The Morgan fingerprint density at radius 3 is 2.76 bits per heavy atom. The molecule has 2 amide bonds. The normalized spacial score (nSPS) is 17.1. The number of hydrogen-bond acceptors (Lipinski definition) is 7. The van der Waals surface area contributed by atoms with Crippen molar-refractivity contribution in [3.05, 3.63) is 48.4 Å². The number of anilines is 1. The van der Waals surface area contributed by atoms with Gasteiger partial charge in [-0.25, -0.2) is 8.42 Å². The van der Waals surface area contributed by atoms with Crippen LogP contribution in [-0.2, 0) is 35.5 Å². The van der Waals surface area contributed by atoms with Gasteiger partial charge in [0.2, 0.25) is 15.9 Å². The molecule has 1 aliphatic rings. The van der Waals surface area contributed by atoms with Crippen molar-refractivity contribution in [3.8, 4) is 0 Å². The Kier molecular flexibility index (Phi) is 6.33. The molecule has 0 aliphatic carbocycles. The summed E-state index contributed by atoms with van der Waals surface area (Å²) in [4.78, 5) is 25.7. The van der Waals surface area contributed by atoms with Crippen molar-refractivity contribution >= 4 is 27.5 Å². The zero-order valence-electron chi connectivity index (χ0n) is 18.3. The lowest BCUT2D eigenvalue weighted by Crippen LogP contribution is -2.43. The van der Waals surface area contributed by atoms with Crippen molar-refractivity contribution in [1.82, 2.24) is 29.2 Å². The van der Waals surface area contributed by atoms with Gasteiger partial charge in [-0.2, -0.15) is 14.5 Å². The van der Waals surface area contributed by atoms with Crippen molar-refractivity contribution in [1.29, 1.82) is 0 Å². The summed E-state index contributed by atoms with van der Waals surface area (Å²) in [6.45, 7) is 0.553. The van der Waals surface area contributed by atoms with Gasteiger partial charge in [0.05, 0.1) is 30.6 Å². The minimum atomic E-state index is -3.75. The summed E-state index contributed by atoms with van der Waals surface area (Å²) in [6.07, 6.45) is 6.85. The number of furan rings is 1. The van der Waals surface area contributed by atoms with E-state index in [0.29, 0.717) is 25.1 Å². The van der Waals surface area contributed by atoms with Gasteiger partial charge in [0.15, 0.2) is 5.69 Å². The Morgan fingerprint density at radius 1 is 1.24 bits per heavy atom. The van der Waals surface area contributed by atoms with Crippen LogP contribution in [0.2, 0.25) is 0 Å². The second-order valence-electron chi connectivity index (χ2n) is 7.87. The minimum Gasteiger partial charge on any atom is -0.467 e. The quantitative estimate of drug-likeness (QED) is 0.512. The Balaban J connectivity index is 1.43. The van der Waals surface area contributed by atoms with E-state index in [1.807, 2.05) is 0 Å². The molecular weight excluding hydrogens is 450 g/mol. The molecule has 1 saturated heterocycles. The van der Waals surface area contributed by atoms with Crippen molar-refractivity contribution in [2.45, 2.75) is 24.3 Å². The number of carbonyl (C=O) groups excluding carboxylic acids is 2.